The first-order valence-electron chi connectivity index (χ1n) is 5.73. The van der Waals surface area contributed by atoms with E-state index in [0.29, 0.717) is 38.8 Å². The molecule has 0 aliphatic carbocycles. The molecule has 8 nitrogen and oxygen atoms in total. The molecule has 0 spiro atoms. The molecule has 10 N–H and O–H groups in total. The van der Waals surface area contributed by atoms with Crippen LogP contribution in [0.5, 0.6) is 0 Å². The maximum atomic E-state index is 10.0. The van der Waals surface area contributed by atoms with Crippen molar-refractivity contribution in [3.8, 4) is 0 Å². The Balaban J connectivity index is -0.000000256. The van der Waals surface area contributed by atoms with Crippen LogP contribution in [-0.4, -0.2) is 47.3 Å². The summed E-state index contributed by atoms with van der Waals surface area (Å²) in [6, 6.07) is -1.48. The van der Waals surface area contributed by atoms with Gasteiger partial charge in [0.2, 0.25) is 0 Å². The van der Waals surface area contributed by atoms with Gasteiger partial charge in [-0.1, -0.05) is 0 Å². The zero-order chi connectivity index (χ0) is 14.6. The first kappa shape index (κ1) is 23.4. The van der Waals surface area contributed by atoms with Crippen molar-refractivity contribution in [2.24, 2.45) is 22.9 Å². The van der Waals surface area contributed by atoms with Crippen LogP contribution in [0.1, 0.15) is 25.7 Å². The molecule has 0 heterocycles. The number of hydrogen-bond acceptors (Lipinski definition) is 6. The Morgan fingerprint density at radius 3 is 1.26 bits per heavy atom. The Morgan fingerprint density at radius 1 is 0.842 bits per heavy atom. The SMILES string of the molecule is NCCC[C@H](N)C(=O)O.NCCC[C@H](N)C(=O)O.[Ni]. The molecule has 0 aromatic carbocycles. The number of carbonyl (C=O) groups is 2. The predicted octanol–water partition coefficient (Wildman–Crippen LogP) is -1.73. The molecule has 0 rings (SSSR count). The predicted molar refractivity (Wildman–Crippen MR) is 67.8 cm³/mol. The van der Waals surface area contributed by atoms with E-state index in [0.717, 1.165) is 0 Å². The van der Waals surface area contributed by atoms with Gasteiger partial charge in [0.25, 0.3) is 0 Å². The smallest absolute Gasteiger partial charge is 0.320 e. The van der Waals surface area contributed by atoms with E-state index < -0.39 is 24.0 Å². The van der Waals surface area contributed by atoms with Crippen LogP contribution in [0.2, 0.25) is 0 Å². The van der Waals surface area contributed by atoms with Gasteiger partial charge in [-0.25, -0.2) is 0 Å². The van der Waals surface area contributed by atoms with E-state index in [1.54, 1.807) is 0 Å². The van der Waals surface area contributed by atoms with E-state index in [4.69, 9.17) is 33.1 Å². The van der Waals surface area contributed by atoms with Crippen LogP contribution in [0.25, 0.3) is 0 Å². The van der Waals surface area contributed by atoms with E-state index in [2.05, 4.69) is 0 Å². The summed E-state index contributed by atoms with van der Waals surface area (Å²) in [7, 11) is 0. The van der Waals surface area contributed by atoms with Gasteiger partial charge >= 0.3 is 11.9 Å². The molecule has 9 heteroatoms. The molecule has 0 unspecified atom stereocenters. The molecule has 118 valence electrons. The van der Waals surface area contributed by atoms with Crippen LogP contribution in [0.4, 0.5) is 0 Å². The summed E-state index contributed by atoms with van der Waals surface area (Å²) in [4.78, 5) is 20.1. The summed E-state index contributed by atoms with van der Waals surface area (Å²) in [6.07, 6.45) is 2.28. The van der Waals surface area contributed by atoms with Crippen molar-refractivity contribution in [3.05, 3.63) is 0 Å². The van der Waals surface area contributed by atoms with Gasteiger partial charge in [-0.2, -0.15) is 0 Å². The van der Waals surface area contributed by atoms with Gasteiger partial charge < -0.3 is 33.1 Å². The fourth-order valence-electron chi connectivity index (χ4n) is 0.922. The minimum absolute atomic E-state index is 0. The van der Waals surface area contributed by atoms with Crippen LogP contribution < -0.4 is 22.9 Å². The van der Waals surface area contributed by atoms with Crippen molar-refractivity contribution in [3.63, 3.8) is 0 Å². The maximum Gasteiger partial charge on any atom is 0.320 e. The van der Waals surface area contributed by atoms with Crippen molar-refractivity contribution in [1.82, 2.24) is 0 Å². The molecule has 0 aliphatic heterocycles. The third kappa shape index (κ3) is 17.3. The largest absolute Gasteiger partial charge is 0.480 e. The van der Waals surface area contributed by atoms with E-state index >= 15 is 0 Å². The van der Waals surface area contributed by atoms with Crippen molar-refractivity contribution in [2.45, 2.75) is 37.8 Å². The minimum atomic E-state index is -0.955. The first-order chi connectivity index (χ1) is 8.36. The summed E-state index contributed by atoms with van der Waals surface area (Å²) in [5.41, 5.74) is 20.6. The Hall–Kier alpha value is -0.726. The molecule has 0 aromatic heterocycles. The van der Waals surface area contributed by atoms with E-state index in [1.165, 1.54) is 0 Å². The van der Waals surface area contributed by atoms with Gasteiger partial charge in [-0.05, 0) is 38.8 Å². The van der Waals surface area contributed by atoms with Crippen molar-refractivity contribution in [1.29, 1.82) is 0 Å². The number of carboxylic acid groups (broad SMARTS) is 2. The fraction of sp³-hybridized carbons (Fsp3) is 0.800. The standard InChI is InChI=1S/2C5H12N2O2.Ni/c2*6-3-1-2-4(7)5(8)9;/h2*4H,1-3,6-7H2,(H,8,9);/t2*4-;/m00./s1. The van der Waals surface area contributed by atoms with Crippen LogP contribution in [0.3, 0.4) is 0 Å². The van der Waals surface area contributed by atoms with Gasteiger partial charge in [-0.15, -0.1) is 0 Å². The van der Waals surface area contributed by atoms with Crippen LogP contribution in [0.15, 0.2) is 0 Å². The summed E-state index contributed by atoms with van der Waals surface area (Å²) in [6.45, 7) is 1.00. The Bertz CT molecular complexity index is 220. The fourth-order valence-corrected chi connectivity index (χ4v) is 0.922. The van der Waals surface area contributed by atoms with Gasteiger partial charge in [0.1, 0.15) is 12.1 Å². The number of hydrogen-bond donors (Lipinski definition) is 6. The molecule has 0 saturated heterocycles. The molecule has 2 atom stereocenters. The number of aliphatic carboxylic acids is 2. The summed E-state index contributed by atoms with van der Waals surface area (Å²) < 4.78 is 0. The maximum absolute atomic E-state index is 10.0. The van der Waals surface area contributed by atoms with Crippen molar-refractivity contribution >= 4 is 11.9 Å². The molecular weight excluding hydrogens is 299 g/mol. The minimum Gasteiger partial charge on any atom is -0.480 e. The molecule has 0 amide bonds. The van der Waals surface area contributed by atoms with Crippen molar-refractivity contribution < 1.29 is 36.3 Å². The van der Waals surface area contributed by atoms with Gasteiger partial charge in [0.15, 0.2) is 0 Å². The van der Waals surface area contributed by atoms with Crippen LogP contribution in [0, 0.1) is 0 Å². The van der Waals surface area contributed by atoms with Crippen LogP contribution in [-0.2, 0) is 26.1 Å². The molecular formula is C10H24N4NiO4. The van der Waals surface area contributed by atoms with Gasteiger partial charge in [0.05, 0.1) is 0 Å². The van der Waals surface area contributed by atoms with Crippen molar-refractivity contribution in [2.75, 3.05) is 13.1 Å². The van der Waals surface area contributed by atoms with E-state index in [9.17, 15) is 9.59 Å². The normalized spacial score (nSPS) is 12.4. The second kappa shape index (κ2) is 15.3. The quantitative estimate of drug-likeness (QED) is 0.285. The van der Waals surface area contributed by atoms with Gasteiger partial charge in [-0.3, -0.25) is 9.59 Å². The zero-order valence-corrected chi connectivity index (χ0v) is 11.7. The zero-order valence-electron chi connectivity index (χ0n) is 10.7. The molecule has 19 heavy (non-hydrogen) atoms. The molecule has 0 aliphatic rings. The average Bonchev–Trinajstić information content (AvgIpc) is 2.33. The van der Waals surface area contributed by atoms with E-state index in [-0.39, 0.29) is 16.5 Å². The monoisotopic (exact) mass is 322 g/mol. The topological polar surface area (TPSA) is 179 Å². The number of nitrogens with two attached hydrogens (primary N) is 4. The first-order valence-corrected chi connectivity index (χ1v) is 5.73. The summed E-state index contributed by atoms with van der Waals surface area (Å²) in [5, 5.41) is 16.5. The summed E-state index contributed by atoms with van der Waals surface area (Å²) in [5.74, 6) is -1.91. The summed E-state index contributed by atoms with van der Waals surface area (Å²) >= 11 is 0. The second-order valence-electron chi connectivity index (χ2n) is 3.75. The molecule has 0 bridgehead atoms. The molecule has 0 saturated carbocycles. The molecule has 0 aromatic rings. The Labute approximate surface area is 122 Å². The second-order valence-corrected chi connectivity index (χ2v) is 3.75. The number of rotatable bonds is 8. The molecule has 0 fully saturated rings. The van der Waals surface area contributed by atoms with Gasteiger partial charge in [0, 0.05) is 16.5 Å². The van der Waals surface area contributed by atoms with E-state index in [1.807, 2.05) is 0 Å². The number of carboxylic acids is 2. The Kier molecular flexibility index (Phi) is 18.9. The molecule has 0 radical (unpaired) electrons. The third-order valence-electron chi connectivity index (χ3n) is 2.07. The average molecular weight is 323 g/mol. The third-order valence-corrected chi connectivity index (χ3v) is 2.07. The van der Waals surface area contributed by atoms with Crippen LogP contribution >= 0.6 is 0 Å². The Morgan fingerprint density at radius 2 is 1.11 bits per heavy atom.